The fourth-order valence-corrected chi connectivity index (χ4v) is 3.06. The van der Waals surface area contributed by atoms with Crippen LogP contribution >= 0.6 is 0 Å². The number of nitrogens with zero attached hydrogens (tertiary/aromatic N) is 1. The third-order valence-corrected chi connectivity index (χ3v) is 4.71. The van der Waals surface area contributed by atoms with Gasteiger partial charge in [0.1, 0.15) is 11.4 Å². The van der Waals surface area contributed by atoms with Gasteiger partial charge in [-0.25, -0.2) is 5.43 Å². The number of benzene rings is 3. The van der Waals surface area contributed by atoms with E-state index in [9.17, 15) is 14.7 Å². The summed E-state index contributed by atoms with van der Waals surface area (Å²) in [5.41, 5.74) is 5.58. The molecule has 0 spiro atoms. The fourth-order valence-electron chi connectivity index (χ4n) is 3.06. The lowest BCUT2D eigenvalue weighted by Crippen LogP contribution is -2.33. The van der Waals surface area contributed by atoms with Crippen LogP contribution in [0.15, 0.2) is 107 Å². The van der Waals surface area contributed by atoms with E-state index < -0.39 is 11.8 Å². The molecule has 0 aliphatic carbocycles. The molecule has 6 nitrogen and oxygen atoms in total. The monoisotopic (exact) mass is 439 g/mol. The van der Waals surface area contributed by atoms with E-state index >= 15 is 0 Å². The first-order chi connectivity index (χ1) is 15.9. The van der Waals surface area contributed by atoms with E-state index in [0.29, 0.717) is 16.8 Å². The summed E-state index contributed by atoms with van der Waals surface area (Å²) in [5.74, 6) is -0.941. The standard InChI is InChI=1S/C27H25N3O3/c1-19(17-21-11-5-3-6-12-21)18-24(28-26(32)22-13-7-4-8-14-22)27(33)30-29-20(2)23-15-9-10-16-25(23)31/h3-18,31H,1-2H3,(H,28,32)(H,30,33). The number of carbonyl (C=O) groups excluding carboxylic acids is 2. The molecule has 3 aromatic carbocycles. The summed E-state index contributed by atoms with van der Waals surface area (Å²) >= 11 is 0. The number of phenolic OH excluding ortho intramolecular Hbond substituents is 1. The Hall–Kier alpha value is -4.45. The first kappa shape index (κ1) is 23.2. The second kappa shape index (κ2) is 11.2. The van der Waals surface area contributed by atoms with Gasteiger partial charge in [-0.05, 0) is 55.3 Å². The zero-order valence-corrected chi connectivity index (χ0v) is 18.4. The molecule has 3 N–H and O–H groups in total. The van der Waals surface area contributed by atoms with Gasteiger partial charge in [0.15, 0.2) is 0 Å². The van der Waals surface area contributed by atoms with E-state index in [-0.39, 0.29) is 11.4 Å². The number of phenols is 1. The number of nitrogens with one attached hydrogen (secondary N) is 2. The van der Waals surface area contributed by atoms with Crippen molar-refractivity contribution in [3.8, 4) is 5.75 Å². The highest BCUT2D eigenvalue weighted by atomic mass is 16.3. The highest BCUT2D eigenvalue weighted by Crippen LogP contribution is 2.16. The maximum atomic E-state index is 12.9. The van der Waals surface area contributed by atoms with Gasteiger partial charge in [0, 0.05) is 11.1 Å². The molecule has 0 radical (unpaired) electrons. The average Bonchev–Trinajstić information content (AvgIpc) is 2.83. The summed E-state index contributed by atoms with van der Waals surface area (Å²) in [6.07, 6.45) is 3.49. The largest absolute Gasteiger partial charge is 0.507 e. The lowest BCUT2D eigenvalue weighted by molar-refractivity contribution is -0.117. The Bertz CT molecular complexity index is 1210. The van der Waals surface area contributed by atoms with E-state index in [2.05, 4.69) is 15.8 Å². The maximum absolute atomic E-state index is 12.9. The van der Waals surface area contributed by atoms with Crippen LogP contribution in [0.5, 0.6) is 5.75 Å². The molecule has 0 fully saturated rings. The molecule has 0 saturated carbocycles. The number of aromatic hydroxyl groups is 1. The van der Waals surface area contributed by atoms with Crippen LogP contribution in [-0.2, 0) is 4.79 Å². The minimum Gasteiger partial charge on any atom is -0.507 e. The first-order valence-corrected chi connectivity index (χ1v) is 10.4. The van der Waals surface area contributed by atoms with Crippen molar-refractivity contribution >= 4 is 23.6 Å². The van der Waals surface area contributed by atoms with Gasteiger partial charge in [-0.2, -0.15) is 5.10 Å². The van der Waals surface area contributed by atoms with Crippen molar-refractivity contribution in [1.29, 1.82) is 0 Å². The molecular formula is C27H25N3O3. The Morgan fingerprint density at radius 2 is 1.45 bits per heavy atom. The van der Waals surface area contributed by atoms with Crippen molar-refractivity contribution in [2.45, 2.75) is 13.8 Å². The molecule has 0 atom stereocenters. The van der Waals surface area contributed by atoms with Crippen molar-refractivity contribution < 1.29 is 14.7 Å². The number of hydrogen-bond donors (Lipinski definition) is 3. The van der Waals surface area contributed by atoms with Gasteiger partial charge in [0.25, 0.3) is 11.8 Å². The van der Waals surface area contributed by atoms with Crippen LogP contribution in [-0.4, -0.2) is 22.6 Å². The molecule has 166 valence electrons. The van der Waals surface area contributed by atoms with Crippen molar-refractivity contribution in [3.63, 3.8) is 0 Å². The molecule has 6 heteroatoms. The number of amides is 2. The summed E-state index contributed by atoms with van der Waals surface area (Å²) < 4.78 is 0. The second-order valence-corrected chi connectivity index (χ2v) is 7.33. The van der Waals surface area contributed by atoms with Crippen LogP contribution < -0.4 is 10.7 Å². The number of para-hydroxylation sites is 1. The zero-order chi connectivity index (χ0) is 23.6. The Kier molecular flexibility index (Phi) is 7.91. The molecule has 0 bridgehead atoms. The molecule has 3 aromatic rings. The summed E-state index contributed by atoms with van der Waals surface area (Å²) in [4.78, 5) is 25.6. The Balaban J connectivity index is 1.86. The van der Waals surface area contributed by atoms with Gasteiger partial charge >= 0.3 is 0 Å². The highest BCUT2D eigenvalue weighted by Gasteiger charge is 2.15. The van der Waals surface area contributed by atoms with Gasteiger partial charge < -0.3 is 10.4 Å². The van der Waals surface area contributed by atoms with Gasteiger partial charge in [0.05, 0.1) is 5.71 Å². The van der Waals surface area contributed by atoms with Crippen molar-refractivity contribution in [1.82, 2.24) is 10.7 Å². The lowest BCUT2D eigenvalue weighted by Gasteiger charge is -2.10. The van der Waals surface area contributed by atoms with Crippen molar-refractivity contribution in [2.75, 3.05) is 0 Å². The third-order valence-electron chi connectivity index (χ3n) is 4.71. The van der Waals surface area contributed by atoms with Crippen molar-refractivity contribution in [2.24, 2.45) is 5.10 Å². The molecule has 0 heterocycles. The van der Waals surface area contributed by atoms with Crippen LogP contribution in [0, 0.1) is 0 Å². The number of hydrogen-bond acceptors (Lipinski definition) is 4. The Morgan fingerprint density at radius 1 is 0.848 bits per heavy atom. The SMILES string of the molecule is CC(=Cc1ccccc1)C=C(NC(=O)c1ccccc1)C(=O)NN=C(C)c1ccccc1O. The fraction of sp³-hybridized carbons (Fsp3) is 0.0741. The van der Waals surface area contributed by atoms with Crippen molar-refractivity contribution in [3.05, 3.63) is 119 Å². The lowest BCUT2D eigenvalue weighted by atomic mass is 10.1. The van der Waals surface area contributed by atoms with Crippen LogP contribution in [0.3, 0.4) is 0 Å². The Labute approximate surface area is 193 Å². The normalized spacial score (nSPS) is 12.2. The van der Waals surface area contributed by atoms with Gasteiger partial charge in [-0.15, -0.1) is 0 Å². The van der Waals surface area contributed by atoms with Crippen LogP contribution in [0.4, 0.5) is 0 Å². The van der Waals surface area contributed by atoms with E-state index in [1.54, 1.807) is 61.5 Å². The second-order valence-electron chi connectivity index (χ2n) is 7.33. The molecule has 3 rings (SSSR count). The van der Waals surface area contributed by atoms with E-state index in [1.165, 1.54) is 0 Å². The highest BCUT2D eigenvalue weighted by molar-refractivity contribution is 6.05. The van der Waals surface area contributed by atoms with Crippen LogP contribution in [0.25, 0.3) is 6.08 Å². The summed E-state index contributed by atoms with van der Waals surface area (Å²) in [6.45, 7) is 3.51. The number of rotatable bonds is 7. The predicted molar refractivity (Wildman–Crippen MR) is 131 cm³/mol. The summed E-state index contributed by atoms with van der Waals surface area (Å²) in [5, 5.41) is 16.8. The van der Waals surface area contributed by atoms with Crippen LogP contribution in [0.2, 0.25) is 0 Å². The number of carbonyl (C=O) groups is 2. The topological polar surface area (TPSA) is 90.8 Å². The first-order valence-electron chi connectivity index (χ1n) is 10.4. The molecule has 33 heavy (non-hydrogen) atoms. The van der Waals surface area contributed by atoms with Crippen LogP contribution in [0.1, 0.15) is 35.3 Å². The van der Waals surface area contributed by atoms with Gasteiger partial charge in [0.2, 0.25) is 0 Å². The smallest absolute Gasteiger partial charge is 0.287 e. The summed E-state index contributed by atoms with van der Waals surface area (Å²) in [6, 6.07) is 25.0. The quantitative estimate of drug-likeness (QED) is 0.217. The van der Waals surface area contributed by atoms with Gasteiger partial charge in [-0.3, -0.25) is 9.59 Å². The molecule has 0 aliphatic rings. The van der Waals surface area contributed by atoms with E-state index in [4.69, 9.17) is 0 Å². The molecule has 0 aliphatic heterocycles. The minimum absolute atomic E-state index is 0.0439. The third kappa shape index (κ3) is 6.77. The average molecular weight is 440 g/mol. The molecular weight excluding hydrogens is 414 g/mol. The molecule has 0 aromatic heterocycles. The zero-order valence-electron chi connectivity index (χ0n) is 18.4. The predicted octanol–water partition coefficient (Wildman–Crippen LogP) is 4.65. The number of allylic oxidation sites excluding steroid dienone is 2. The van der Waals surface area contributed by atoms with E-state index in [1.807, 2.05) is 49.4 Å². The molecule has 0 unspecified atom stereocenters. The number of hydrazone groups is 1. The Morgan fingerprint density at radius 3 is 2.12 bits per heavy atom. The summed E-state index contributed by atoms with van der Waals surface area (Å²) in [7, 11) is 0. The molecule has 2 amide bonds. The molecule has 0 saturated heterocycles. The minimum atomic E-state index is -0.588. The van der Waals surface area contributed by atoms with E-state index in [0.717, 1.165) is 11.1 Å². The van der Waals surface area contributed by atoms with Gasteiger partial charge in [-0.1, -0.05) is 66.7 Å². The maximum Gasteiger partial charge on any atom is 0.287 e.